The molecule has 12 heteroatoms. The van der Waals surface area contributed by atoms with E-state index in [1.165, 1.54) is 6.07 Å². The van der Waals surface area contributed by atoms with Gasteiger partial charge in [-0.1, -0.05) is 23.8 Å². The number of nitrogens with zero attached hydrogens (tertiary/aromatic N) is 4. The Balaban J connectivity index is 0.000000188. The van der Waals surface area contributed by atoms with E-state index in [2.05, 4.69) is 20.1 Å². The van der Waals surface area contributed by atoms with Crippen LogP contribution in [0.5, 0.6) is 5.75 Å². The van der Waals surface area contributed by atoms with Crippen LogP contribution in [0.15, 0.2) is 42.5 Å². The van der Waals surface area contributed by atoms with Gasteiger partial charge in [0.15, 0.2) is 0 Å². The summed E-state index contributed by atoms with van der Waals surface area (Å²) >= 11 is 5.63. The molecule has 1 N–H and O–H groups in total. The summed E-state index contributed by atoms with van der Waals surface area (Å²) in [7, 11) is 0. The third-order valence-electron chi connectivity index (χ3n) is 6.32. The Bertz CT molecular complexity index is 1300. The van der Waals surface area contributed by atoms with Crippen molar-refractivity contribution in [2.45, 2.75) is 19.7 Å². The van der Waals surface area contributed by atoms with Crippen molar-refractivity contribution >= 4 is 41.0 Å². The molecule has 2 atom stereocenters. The van der Waals surface area contributed by atoms with Gasteiger partial charge in [0.25, 0.3) is 5.91 Å². The maximum absolute atomic E-state index is 12.7. The molecule has 3 heterocycles. The van der Waals surface area contributed by atoms with Gasteiger partial charge in [-0.05, 0) is 67.1 Å². The average Bonchev–Trinajstić information content (AvgIpc) is 3.48. The minimum absolute atomic E-state index is 0.0351. The lowest BCUT2D eigenvalue weighted by Crippen LogP contribution is -2.43. The SMILES string of the molecule is C/C=C/c1cc(Cl)cc(OC(F)(F)F)c1.O=CN1CC2CCN(C(=O)c3ccc4n[nH]nc4c3)CC2C1. The molecule has 8 nitrogen and oxygen atoms in total. The summed E-state index contributed by atoms with van der Waals surface area (Å²) in [5.41, 5.74) is 2.66. The number of hydrogen-bond acceptors (Lipinski definition) is 5. The van der Waals surface area contributed by atoms with Crippen LogP contribution in [0.1, 0.15) is 29.3 Å². The number of amides is 2. The molecule has 2 amide bonds. The van der Waals surface area contributed by atoms with E-state index in [1.807, 2.05) is 15.9 Å². The smallest absolute Gasteiger partial charge is 0.406 e. The van der Waals surface area contributed by atoms with Crippen LogP contribution >= 0.6 is 11.6 Å². The maximum atomic E-state index is 12.7. The molecule has 3 aromatic rings. The highest BCUT2D eigenvalue weighted by atomic mass is 35.5. The highest BCUT2D eigenvalue weighted by Crippen LogP contribution is 2.31. The summed E-state index contributed by atoms with van der Waals surface area (Å²) in [4.78, 5) is 27.3. The van der Waals surface area contributed by atoms with Crippen molar-refractivity contribution in [3.63, 3.8) is 0 Å². The molecule has 2 fully saturated rings. The van der Waals surface area contributed by atoms with Gasteiger partial charge in [-0.2, -0.15) is 15.4 Å². The Morgan fingerprint density at radius 1 is 1.11 bits per heavy atom. The number of rotatable bonds is 4. The number of fused-ring (bicyclic) bond motifs is 2. The molecule has 0 spiro atoms. The lowest BCUT2D eigenvalue weighted by molar-refractivity contribution is -0.274. The van der Waals surface area contributed by atoms with E-state index in [0.29, 0.717) is 28.5 Å². The first-order valence-corrected chi connectivity index (χ1v) is 12.0. The Kier molecular flexibility index (Phi) is 8.01. The maximum Gasteiger partial charge on any atom is 0.573 e. The van der Waals surface area contributed by atoms with E-state index in [-0.39, 0.29) is 16.7 Å². The zero-order valence-corrected chi connectivity index (χ0v) is 20.7. The molecule has 2 unspecified atom stereocenters. The zero-order valence-electron chi connectivity index (χ0n) is 19.9. The Morgan fingerprint density at radius 2 is 1.86 bits per heavy atom. The lowest BCUT2D eigenvalue weighted by Gasteiger charge is -2.34. The third-order valence-corrected chi connectivity index (χ3v) is 6.53. The predicted molar refractivity (Wildman–Crippen MR) is 132 cm³/mol. The van der Waals surface area contributed by atoms with Crippen molar-refractivity contribution in [1.29, 1.82) is 0 Å². The molecule has 0 radical (unpaired) electrons. The molecule has 2 saturated heterocycles. The van der Waals surface area contributed by atoms with Crippen LogP contribution < -0.4 is 4.74 Å². The molecule has 2 aliphatic heterocycles. The number of nitrogens with one attached hydrogen (secondary N) is 1. The van der Waals surface area contributed by atoms with Gasteiger partial charge in [0.05, 0.1) is 0 Å². The van der Waals surface area contributed by atoms with E-state index in [9.17, 15) is 22.8 Å². The van der Waals surface area contributed by atoms with Gasteiger partial charge in [0, 0.05) is 36.8 Å². The number of ether oxygens (including phenoxy) is 1. The summed E-state index contributed by atoms with van der Waals surface area (Å²) in [6.45, 7) is 4.83. The first-order valence-electron chi connectivity index (χ1n) is 11.6. The lowest BCUT2D eigenvalue weighted by atomic mass is 9.88. The number of aromatic amines is 1. The fourth-order valence-electron chi connectivity index (χ4n) is 4.70. The van der Waals surface area contributed by atoms with Gasteiger partial charge < -0.3 is 14.5 Å². The Hall–Kier alpha value is -3.60. The number of aromatic nitrogens is 3. The minimum atomic E-state index is -4.70. The fraction of sp³-hybridized carbons (Fsp3) is 0.360. The number of alkyl halides is 3. The second-order valence-electron chi connectivity index (χ2n) is 8.91. The van der Waals surface area contributed by atoms with Crippen LogP contribution in [0.2, 0.25) is 5.02 Å². The molecule has 2 aromatic carbocycles. The largest absolute Gasteiger partial charge is 0.573 e. The number of halogens is 4. The monoisotopic (exact) mass is 535 g/mol. The summed E-state index contributed by atoms with van der Waals surface area (Å²) < 4.78 is 39.5. The van der Waals surface area contributed by atoms with Gasteiger partial charge in [0.2, 0.25) is 6.41 Å². The molecule has 5 rings (SSSR count). The van der Waals surface area contributed by atoms with Crippen molar-refractivity contribution in [3.05, 3.63) is 58.6 Å². The molecule has 0 aliphatic carbocycles. The standard InChI is InChI=1S/C15H17N5O2.C10H8ClF3O/c21-9-19-6-11-3-4-20(8-12(11)7-19)15(22)10-1-2-13-14(5-10)17-18-16-13;1-2-3-7-4-8(11)6-9(5-7)15-10(12,13)14/h1-2,5,9,11-12H,3-4,6-8H2,(H,16,17,18);2-6H,1H3/b;3-2+. The van der Waals surface area contributed by atoms with E-state index in [1.54, 1.807) is 37.3 Å². The van der Waals surface area contributed by atoms with E-state index < -0.39 is 6.36 Å². The van der Waals surface area contributed by atoms with E-state index in [4.69, 9.17) is 11.6 Å². The first kappa shape index (κ1) is 26.5. The van der Waals surface area contributed by atoms with Crippen molar-refractivity contribution in [2.24, 2.45) is 11.8 Å². The highest BCUT2D eigenvalue weighted by molar-refractivity contribution is 6.30. The fourth-order valence-corrected chi connectivity index (χ4v) is 4.93. The molecule has 2 aliphatic rings. The van der Waals surface area contributed by atoms with Crippen LogP contribution in [-0.4, -0.2) is 70.1 Å². The number of hydrogen-bond donors (Lipinski definition) is 1. The Labute approximate surface area is 216 Å². The van der Waals surface area contributed by atoms with E-state index in [0.717, 1.165) is 50.6 Å². The molecular formula is C25H25ClF3N5O3. The normalized spacial score (nSPS) is 19.5. The van der Waals surface area contributed by atoms with Gasteiger partial charge in [-0.3, -0.25) is 9.59 Å². The summed E-state index contributed by atoms with van der Waals surface area (Å²) in [6.07, 6.45) is 0.520. The minimum Gasteiger partial charge on any atom is -0.406 e. The Morgan fingerprint density at radius 3 is 2.59 bits per heavy atom. The molecular weight excluding hydrogens is 511 g/mol. The van der Waals surface area contributed by atoms with Gasteiger partial charge in [0.1, 0.15) is 16.8 Å². The van der Waals surface area contributed by atoms with Crippen LogP contribution in [0, 0.1) is 11.8 Å². The quantitative estimate of drug-likeness (QED) is 0.486. The second kappa shape index (κ2) is 11.2. The average molecular weight is 536 g/mol. The van der Waals surface area contributed by atoms with E-state index >= 15 is 0 Å². The van der Waals surface area contributed by atoms with Gasteiger partial charge in [-0.25, -0.2) is 0 Å². The molecule has 0 saturated carbocycles. The number of carbonyl (C=O) groups excluding carboxylic acids is 2. The number of benzene rings is 2. The molecule has 196 valence electrons. The number of allylic oxidation sites excluding steroid dienone is 1. The van der Waals surface area contributed by atoms with Crippen molar-refractivity contribution < 1.29 is 27.5 Å². The molecule has 0 bridgehead atoms. The summed E-state index contributed by atoms with van der Waals surface area (Å²) in [6, 6.07) is 9.31. The summed E-state index contributed by atoms with van der Waals surface area (Å²) in [5.74, 6) is 0.655. The van der Waals surface area contributed by atoms with Crippen LogP contribution in [0.25, 0.3) is 17.1 Å². The number of piperidine rings is 1. The number of carbonyl (C=O) groups is 2. The molecule has 37 heavy (non-hydrogen) atoms. The van der Waals surface area contributed by atoms with Gasteiger partial charge in [-0.15, -0.1) is 13.2 Å². The van der Waals surface area contributed by atoms with Gasteiger partial charge >= 0.3 is 6.36 Å². The number of H-pyrrole nitrogens is 1. The topological polar surface area (TPSA) is 91.4 Å². The highest BCUT2D eigenvalue weighted by Gasteiger charge is 2.38. The zero-order chi connectivity index (χ0) is 26.6. The van der Waals surface area contributed by atoms with Crippen molar-refractivity contribution in [1.82, 2.24) is 25.2 Å². The van der Waals surface area contributed by atoms with Crippen molar-refractivity contribution in [2.75, 3.05) is 26.2 Å². The summed E-state index contributed by atoms with van der Waals surface area (Å²) in [5, 5.41) is 10.8. The van der Waals surface area contributed by atoms with Crippen LogP contribution in [-0.2, 0) is 4.79 Å². The number of likely N-dealkylation sites (tertiary alicyclic amines) is 2. The van der Waals surface area contributed by atoms with Crippen LogP contribution in [0.4, 0.5) is 13.2 Å². The molecule has 1 aromatic heterocycles. The second-order valence-corrected chi connectivity index (χ2v) is 9.35. The van der Waals surface area contributed by atoms with Crippen molar-refractivity contribution in [3.8, 4) is 5.75 Å². The first-order chi connectivity index (χ1) is 17.6. The van der Waals surface area contributed by atoms with Crippen LogP contribution in [0.3, 0.4) is 0 Å². The predicted octanol–water partition coefficient (Wildman–Crippen LogP) is 4.78. The third kappa shape index (κ3) is 6.79.